The summed E-state index contributed by atoms with van der Waals surface area (Å²) in [5.41, 5.74) is 5.66. The van der Waals surface area contributed by atoms with E-state index in [-0.39, 0.29) is 33.0 Å². The molecule has 0 aliphatic rings. The average molecular weight is 1820 g/mol. The summed E-state index contributed by atoms with van der Waals surface area (Å²) in [6.07, 6.45) is 6.83. The molecule has 102 heavy (non-hydrogen) atoms. The fourth-order valence-electron chi connectivity index (χ4n) is 11.7. The first-order chi connectivity index (χ1) is 49.5. The zero-order valence-corrected chi connectivity index (χ0v) is 70.8. The maximum atomic E-state index is 12.7. The topological polar surface area (TPSA) is 161 Å². The van der Waals surface area contributed by atoms with Gasteiger partial charge in [0.15, 0.2) is 0 Å². The Morgan fingerprint density at radius 1 is 0.461 bits per heavy atom. The summed E-state index contributed by atoms with van der Waals surface area (Å²) in [4.78, 5) is 64.5. The third-order valence-electron chi connectivity index (χ3n) is 16.4. The van der Waals surface area contributed by atoms with Crippen LogP contribution in [0.15, 0.2) is 270 Å². The molecule has 22 heteroatoms. The van der Waals surface area contributed by atoms with E-state index >= 15 is 0 Å². The van der Waals surface area contributed by atoms with Gasteiger partial charge in [0.2, 0.25) is 0 Å². The van der Waals surface area contributed by atoms with Crippen molar-refractivity contribution < 1.29 is 25.5 Å². The molecule has 0 aliphatic carbocycles. The second kappa shape index (κ2) is 40.5. The number of nitrogens with zero attached hydrogens (tertiary/aromatic N) is 1. The zero-order valence-electron chi connectivity index (χ0n) is 57.5. The SMILES string of the molecule is Brc1ccc(Br)cc1.CCC[CH2][Sn]([CH2]CCC)([CH2]CCC)[c]1scc2c1[nH]c(=O)n2C(=O)OC(C)(C)C.O=c1[nH]c2csc(-c3ccc(-c4scc5[nH]c(=O)[nH]c45)cc3)c2[nH]1.[Cl][Pd][Cl].c1ccc(P(c2ccccc2)c2ccccc2)cc1.c1ccc(P(c2ccccc2)c2ccccc2)cc1. The van der Waals surface area contributed by atoms with Crippen molar-refractivity contribution in [3.63, 3.8) is 0 Å². The Hall–Kier alpha value is -6.00. The van der Waals surface area contributed by atoms with E-state index in [2.05, 4.69) is 260 Å². The Balaban J connectivity index is 0.000000152. The van der Waals surface area contributed by atoms with Crippen LogP contribution in [0.2, 0.25) is 13.3 Å². The summed E-state index contributed by atoms with van der Waals surface area (Å²) < 4.78 is 14.4. The number of hydrogen-bond donors (Lipinski definition) is 5. The number of carbonyl (C=O) groups excluding carboxylic acids is 1. The van der Waals surface area contributed by atoms with Gasteiger partial charge in [0.1, 0.15) is 0 Å². The predicted molar refractivity (Wildman–Crippen MR) is 448 cm³/mol. The van der Waals surface area contributed by atoms with Crippen LogP contribution in [0.25, 0.3) is 54.0 Å². The van der Waals surface area contributed by atoms with E-state index in [0.717, 1.165) is 57.4 Å². The van der Waals surface area contributed by atoms with Crippen LogP contribution in [0.5, 0.6) is 0 Å². The molecule has 14 aromatic rings. The molecule has 8 aromatic carbocycles. The van der Waals surface area contributed by atoms with E-state index < -0.39 is 45.9 Å². The summed E-state index contributed by atoms with van der Waals surface area (Å²) in [5.74, 6) is 0. The van der Waals surface area contributed by atoms with E-state index in [4.69, 9.17) is 23.8 Å². The summed E-state index contributed by atoms with van der Waals surface area (Å²) in [5, 5.41) is 14.3. The molecular formula is C80H82Br2Cl2N6O5P2PdS3Sn. The molecule has 0 saturated carbocycles. The van der Waals surface area contributed by atoms with Crippen LogP contribution in [0, 0.1) is 0 Å². The molecule has 0 unspecified atom stereocenters. The van der Waals surface area contributed by atoms with Crippen LogP contribution in [-0.4, -0.2) is 59.6 Å². The first-order valence-corrected chi connectivity index (χ1v) is 52.0. The van der Waals surface area contributed by atoms with Gasteiger partial charge >= 0.3 is 230 Å². The molecule has 0 aliphatic heterocycles. The van der Waals surface area contributed by atoms with Gasteiger partial charge in [-0.05, 0) is 83.1 Å². The first-order valence-electron chi connectivity index (χ1n) is 33.6. The number of nitrogens with one attached hydrogen (secondary N) is 5. The minimum Gasteiger partial charge on any atom is -0.0622 e. The number of unbranched alkanes of at least 4 members (excludes halogenated alkanes) is 3. The minimum absolute atomic E-state index is 0.106. The van der Waals surface area contributed by atoms with Crippen molar-refractivity contribution in [1.82, 2.24) is 29.5 Å². The number of rotatable bonds is 18. The quantitative estimate of drug-likeness (QED) is 0.0426. The minimum atomic E-state index is -2.69. The van der Waals surface area contributed by atoms with Crippen LogP contribution >= 0.6 is 101 Å². The zero-order chi connectivity index (χ0) is 72.4. The fraction of sp³-hybridized carbons (Fsp3) is 0.200. The molecule has 532 valence electrons. The van der Waals surface area contributed by atoms with Gasteiger partial charge in [0, 0.05) is 19.7 Å². The molecule has 0 fully saturated rings. The largest absolute Gasteiger partial charge is 0.0622 e. The second-order valence-electron chi connectivity index (χ2n) is 24.8. The summed E-state index contributed by atoms with van der Waals surface area (Å²) in [7, 11) is 8.74. The van der Waals surface area contributed by atoms with Gasteiger partial charge in [-0.2, -0.15) is 0 Å². The number of H-pyrrole nitrogens is 5. The monoisotopic (exact) mass is 1820 g/mol. The van der Waals surface area contributed by atoms with E-state index in [1.807, 2.05) is 85.4 Å². The van der Waals surface area contributed by atoms with Gasteiger partial charge < -0.3 is 19.9 Å². The van der Waals surface area contributed by atoms with Crippen molar-refractivity contribution in [3.8, 4) is 20.9 Å². The summed E-state index contributed by atoms with van der Waals surface area (Å²) in [6, 6.07) is 80.7. The third-order valence-corrected chi connectivity index (χ3v) is 43.8. The maximum Gasteiger partial charge on any atom is -0.0134 e. The number of fused-ring (bicyclic) bond motifs is 3. The van der Waals surface area contributed by atoms with Crippen molar-refractivity contribution in [2.75, 3.05) is 0 Å². The molecule has 5 N–H and O–H groups in total. The molecule has 0 radical (unpaired) electrons. The fourth-order valence-corrected chi connectivity index (χ4v) is 39.4. The third kappa shape index (κ3) is 22.3. The van der Waals surface area contributed by atoms with E-state index in [1.54, 1.807) is 34.0 Å². The number of hydrogen-bond acceptors (Lipinski definition) is 8. The second-order valence-corrected chi connectivity index (χ2v) is 50.1. The van der Waals surface area contributed by atoms with E-state index in [9.17, 15) is 19.2 Å². The number of carbonyl (C=O) groups is 1. The number of thiophene rings is 3. The molecule has 11 nitrogen and oxygen atoms in total. The Morgan fingerprint density at radius 2 is 0.775 bits per heavy atom. The van der Waals surface area contributed by atoms with Gasteiger partial charge in [-0.25, -0.2) is 9.59 Å². The Labute approximate surface area is 648 Å². The Morgan fingerprint density at radius 3 is 1.07 bits per heavy atom. The first kappa shape index (κ1) is 80.1. The normalized spacial score (nSPS) is 11.2. The van der Waals surface area contributed by atoms with Crippen molar-refractivity contribution in [3.05, 3.63) is 287 Å². The van der Waals surface area contributed by atoms with Gasteiger partial charge in [-0.3, -0.25) is 0 Å². The number of aromatic nitrogens is 6. The smallest absolute Gasteiger partial charge is 0.0134 e. The standard InChI is InChI=1S/2C18H15P.C16H10N4O2S2.C10H11N2O3S.C6H4Br2.3C4H9.2ClH.Pd.Sn/c2*1-4-10-16(11-5-1)19(17-12-6-2-7-13-17)18-14-8-3-9-15-18;21-15-17-9-5-23-13(11(9)19-15)7-1-2-8(4-3-7)14-12-10(6-24-14)18-16(22)20-12;1-10(2,3)15-9(14)12-7-5-16-4-6(7)11-8(12)13;7-5-1-2-6(8)4-3-5;3*1-3-4-2;;;;/h2*1-15H;1-6H,(H2,17,19,21)(H2,18,20,22);5H,1-3H3,(H,11,13);1-4H;3*1,3-4H2,2H3;2*1H;;/q;;;;;;;;;;+2;/p-2. The van der Waals surface area contributed by atoms with Crippen LogP contribution in [0.3, 0.4) is 0 Å². The Bertz CT molecular complexity index is 4550. The van der Waals surface area contributed by atoms with Gasteiger partial charge in [-0.1, -0.05) is 238 Å². The molecule has 6 heterocycles. The number of ether oxygens (including phenoxy) is 1. The van der Waals surface area contributed by atoms with E-state index in [1.165, 1.54) is 91.1 Å². The van der Waals surface area contributed by atoms with Gasteiger partial charge in [0.05, 0.1) is 31.8 Å². The number of imidazole rings is 3. The summed E-state index contributed by atoms with van der Waals surface area (Å²) in [6.45, 7) is 12.3. The molecule has 6 aromatic heterocycles. The van der Waals surface area contributed by atoms with Gasteiger partial charge in [-0.15, -0.1) is 22.7 Å². The van der Waals surface area contributed by atoms with E-state index in [0.29, 0.717) is 5.52 Å². The molecule has 0 atom stereocenters. The molecule has 0 spiro atoms. The molecular weight excluding hydrogens is 1740 g/mol. The summed E-state index contributed by atoms with van der Waals surface area (Å²) >= 11 is 8.81. The van der Waals surface area contributed by atoms with Crippen LogP contribution in [0.1, 0.15) is 80.1 Å². The van der Waals surface area contributed by atoms with Crippen molar-refractivity contribution in [1.29, 1.82) is 0 Å². The number of aromatic amines is 5. The number of benzene rings is 8. The van der Waals surface area contributed by atoms with Crippen molar-refractivity contribution in [2.45, 2.75) is 99.0 Å². The van der Waals surface area contributed by atoms with Crippen molar-refractivity contribution in [2.24, 2.45) is 0 Å². The van der Waals surface area contributed by atoms with Crippen LogP contribution in [0.4, 0.5) is 4.79 Å². The average Bonchev–Trinajstić information content (AvgIpc) is 1.59. The predicted octanol–water partition coefficient (Wildman–Crippen LogP) is 21.2. The molecule has 0 bridgehead atoms. The Kier molecular flexibility index (Phi) is 31.8. The molecule has 0 amide bonds. The van der Waals surface area contributed by atoms with Crippen molar-refractivity contribution >= 4 is 193 Å². The molecule has 14 rings (SSSR count). The van der Waals surface area contributed by atoms with Crippen LogP contribution < -0.4 is 51.8 Å². The van der Waals surface area contributed by atoms with Crippen LogP contribution in [-0.2, 0) is 20.7 Å². The van der Waals surface area contributed by atoms with Gasteiger partial charge in [0.25, 0.3) is 0 Å². The maximum absolute atomic E-state index is 12.7. The molecule has 0 saturated heterocycles. The number of halogens is 4.